The molecule has 2 rings (SSSR count). The van der Waals surface area contributed by atoms with Crippen LogP contribution < -0.4 is 5.32 Å². The molecule has 1 aromatic heterocycles. The molecule has 2 aromatic rings. The Kier molecular flexibility index (Phi) is 5.77. The lowest BCUT2D eigenvalue weighted by atomic mass is 10.1. The van der Waals surface area contributed by atoms with E-state index in [4.69, 9.17) is 0 Å². The quantitative estimate of drug-likeness (QED) is 0.692. The fraction of sp³-hybridized carbons (Fsp3) is 0.333. The second-order valence-electron chi connectivity index (χ2n) is 4.44. The molecule has 0 bridgehead atoms. The number of benzene rings is 1. The predicted molar refractivity (Wildman–Crippen MR) is 95.2 cm³/mol. The molecule has 1 heterocycles. The lowest BCUT2D eigenvalue weighted by Crippen LogP contribution is -2.09. The van der Waals surface area contributed by atoms with E-state index in [1.165, 1.54) is 5.56 Å². The fourth-order valence-electron chi connectivity index (χ4n) is 1.93. The van der Waals surface area contributed by atoms with E-state index < -0.39 is 0 Å². The van der Waals surface area contributed by atoms with Crippen molar-refractivity contribution in [3.8, 4) is 0 Å². The van der Waals surface area contributed by atoms with Crippen molar-refractivity contribution in [1.82, 2.24) is 9.97 Å². The molecule has 3 nitrogen and oxygen atoms in total. The minimum atomic E-state index is 0.760. The average molecular weight is 446 g/mol. The summed E-state index contributed by atoms with van der Waals surface area (Å²) in [5.74, 6) is 1.83. The zero-order valence-electron chi connectivity index (χ0n) is 11.6. The first-order valence-electron chi connectivity index (χ1n) is 6.67. The molecule has 1 N–H and O–H groups in total. The summed E-state index contributed by atoms with van der Waals surface area (Å²) in [6, 6.07) is 8.30. The van der Waals surface area contributed by atoms with Crippen LogP contribution >= 0.6 is 38.5 Å². The van der Waals surface area contributed by atoms with Gasteiger partial charge in [0.15, 0.2) is 0 Å². The third kappa shape index (κ3) is 3.91. The molecule has 0 aliphatic rings. The van der Waals surface area contributed by atoms with Gasteiger partial charge >= 0.3 is 0 Å². The number of hydrogen-bond donors (Lipinski definition) is 1. The molecule has 0 radical (unpaired) electrons. The monoisotopic (exact) mass is 445 g/mol. The van der Waals surface area contributed by atoms with Crippen molar-refractivity contribution in [2.24, 2.45) is 0 Å². The SMILES string of the molecule is CCNc1nc(Cc2ccc(Br)cc2)nc(CC)c1I. The van der Waals surface area contributed by atoms with Crippen LogP contribution in [0.1, 0.15) is 30.9 Å². The molecule has 5 heteroatoms. The van der Waals surface area contributed by atoms with E-state index in [1.54, 1.807) is 0 Å². The Morgan fingerprint density at radius 3 is 2.45 bits per heavy atom. The highest BCUT2D eigenvalue weighted by molar-refractivity contribution is 14.1. The third-order valence-corrected chi connectivity index (χ3v) is 4.58. The second-order valence-corrected chi connectivity index (χ2v) is 6.43. The Morgan fingerprint density at radius 1 is 1.15 bits per heavy atom. The number of nitrogens with one attached hydrogen (secondary N) is 1. The van der Waals surface area contributed by atoms with Gasteiger partial charge in [0.2, 0.25) is 0 Å². The van der Waals surface area contributed by atoms with Gasteiger partial charge in [-0.3, -0.25) is 0 Å². The Morgan fingerprint density at radius 2 is 1.85 bits per heavy atom. The van der Waals surface area contributed by atoms with Crippen molar-refractivity contribution in [3.63, 3.8) is 0 Å². The summed E-state index contributed by atoms with van der Waals surface area (Å²) in [5, 5.41) is 3.32. The molecule has 0 atom stereocenters. The first kappa shape index (κ1) is 15.7. The van der Waals surface area contributed by atoms with Crippen LogP contribution in [0.25, 0.3) is 0 Å². The molecule has 0 aliphatic carbocycles. The number of hydrogen-bond acceptors (Lipinski definition) is 3. The number of anilines is 1. The molecule has 106 valence electrons. The largest absolute Gasteiger partial charge is 0.369 e. The lowest BCUT2D eigenvalue weighted by molar-refractivity contribution is 0.893. The van der Waals surface area contributed by atoms with Crippen molar-refractivity contribution in [1.29, 1.82) is 0 Å². The maximum atomic E-state index is 4.68. The zero-order valence-corrected chi connectivity index (χ0v) is 15.3. The van der Waals surface area contributed by atoms with Crippen molar-refractivity contribution >= 4 is 44.3 Å². The molecule has 0 amide bonds. The van der Waals surface area contributed by atoms with Crippen LogP contribution in [0.4, 0.5) is 5.82 Å². The molecule has 20 heavy (non-hydrogen) atoms. The van der Waals surface area contributed by atoms with Gasteiger partial charge in [0.1, 0.15) is 11.6 Å². The highest BCUT2D eigenvalue weighted by Gasteiger charge is 2.11. The van der Waals surface area contributed by atoms with E-state index in [9.17, 15) is 0 Å². The van der Waals surface area contributed by atoms with E-state index in [-0.39, 0.29) is 0 Å². The van der Waals surface area contributed by atoms with Gasteiger partial charge < -0.3 is 5.32 Å². The summed E-state index contributed by atoms with van der Waals surface area (Å²) in [4.78, 5) is 9.33. The van der Waals surface area contributed by atoms with Gasteiger partial charge in [0, 0.05) is 17.4 Å². The van der Waals surface area contributed by atoms with Crippen LogP contribution in [0.3, 0.4) is 0 Å². The summed E-state index contributed by atoms with van der Waals surface area (Å²) in [6.45, 7) is 5.08. The van der Waals surface area contributed by atoms with Crippen LogP contribution in [0.15, 0.2) is 28.7 Å². The van der Waals surface area contributed by atoms with Gasteiger partial charge in [-0.25, -0.2) is 9.97 Å². The zero-order chi connectivity index (χ0) is 14.5. The summed E-state index contributed by atoms with van der Waals surface area (Å²) < 4.78 is 2.22. The van der Waals surface area contributed by atoms with Gasteiger partial charge in [-0.2, -0.15) is 0 Å². The molecule has 0 spiro atoms. The van der Waals surface area contributed by atoms with Gasteiger partial charge in [0.25, 0.3) is 0 Å². The Labute approximate surface area is 141 Å². The third-order valence-electron chi connectivity index (χ3n) is 2.92. The Balaban J connectivity index is 2.31. The number of nitrogens with zero attached hydrogens (tertiary/aromatic N) is 2. The predicted octanol–water partition coefficient (Wildman–Crippen LogP) is 4.43. The number of rotatable bonds is 5. The Bertz CT molecular complexity index is 584. The van der Waals surface area contributed by atoms with Gasteiger partial charge in [-0.15, -0.1) is 0 Å². The van der Waals surface area contributed by atoms with Crippen LogP contribution in [-0.2, 0) is 12.8 Å². The lowest BCUT2D eigenvalue weighted by Gasteiger charge is -2.11. The molecule has 0 aliphatic heterocycles. The van der Waals surface area contributed by atoms with Gasteiger partial charge in [-0.1, -0.05) is 35.0 Å². The van der Waals surface area contributed by atoms with Crippen molar-refractivity contribution < 1.29 is 0 Å². The highest BCUT2D eigenvalue weighted by atomic mass is 127. The van der Waals surface area contributed by atoms with E-state index in [2.05, 4.69) is 79.8 Å². The minimum absolute atomic E-state index is 0.760. The maximum Gasteiger partial charge on any atom is 0.143 e. The maximum absolute atomic E-state index is 4.68. The normalized spacial score (nSPS) is 10.6. The molecule has 0 saturated heterocycles. The molecule has 0 unspecified atom stereocenters. The van der Waals surface area contributed by atoms with Crippen molar-refractivity contribution in [2.75, 3.05) is 11.9 Å². The van der Waals surface area contributed by atoms with E-state index in [1.807, 2.05) is 12.1 Å². The first-order valence-corrected chi connectivity index (χ1v) is 8.54. The summed E-state index contributed by atoms with van der Waals surface area (Å²) in [7, 11) is 0. The Hall–Kier alpha value is -0.690. The molecular weight excluding hydrogens is 429 g/mol. The second kappa shape index (κ2) is 7.36. The molecule has 0 fully saturated rings. The summed E-state index contributed by atoms with van der Waals surface area (Å²) in [6.07, 6.45) is 1.68. The van der Waals surface area contributed by atoms with Crippen LogP contribution in [0, 0.1) is 3.57 Å². The highest BCUT2D eigenvalue weighted by Crippen LogP contribution is 2.21. The van der Waals surface area contributed by atoms with Crippen molar-refractivity contribution in [3.05, 3.63) is 49.4 Å². The van der Waals surface area contributed by atoms with Gasteiger partial charge in [0.05, 0.1) is 9.26 Å². The standard InChI is InChI=1S/C15H17BrIN3/c1-3-12-14(17)15(18-4-2)20-13(19-12)9-10-5-7-11(16)8-6-10/h5-8H,3-4,9H2,1-2H3,(H,18,19,20). The molecule has 0 saturated carbocycles. The number of aromatic nitrogens is 2. The summed E-state index contributed by atoms with van der Waals surface area (Å²) >= 11 is 5.78. The van der Waals surface area contributed by atoms with E-state index in [0.717, 1.165) is 44.8 Å². The smallest absolute Gasteiger partial charge is 0.143 e. The van der Waals surface area contributed by atoms with Crippen molar-refractivity contribution in [2.45, 2.75) is 26.7 Å². The minimum Gasteiger partial charge on any atom is -0.369 e. The molecule has 1 aromatic carbocycles. The van der Waals surface area contributed by atoms with Crippen LogP contribution in [-0.4, -0.2) is 16.5 Å². The first-order chi connectivity index (χ1) is 9.63. The number of aryl methyl sites for hydroxylation is 1. The number of halogens is 2. The average Bonchev–Trinajstić information content (AvgIpc) is 2.45. The van der Waals surface area contributed by atoms with E-state index >= 15 is 0 Å². The van der Waals surface area contributed by atoms with E-state index in [0.29, 0.717) is 0 Å². The molecular formula is C15H17BrIN3. The van der Waals surface area contributed by atoms with Gasteiger partial charge in [-0.05, 0) is 53.6 Å². The summed E-state index contributed by atoms with van der Waals surface area (Å²) in [5.41, 5.74) is 2.34. The van der Waals surface area contributed by atoms with Crippen LogP contribution in [0.2, 0.25) is 0 Å². The topological polar surface area (TPSA) is 37.8 Å². The fourth-order valence-corrected chi connectivity index (χ4v) is 3.01. The van der Waals surface area contributed by atoms with Crippen LogP contribution in [0.5, 0.6) is 0 Å².